The second-order valence-electron chi connectivity index (χ2n) is 4.48. The standard InChI is InChI=1S/C13H22O4/c1-3-5-6-7-8-10-9-11(14)17-12(10)13(15)16-4-2/h10,12H,3-9H2,1-2H3. The van der Waals surface area contributed by atoms with E-state index in [-0.39, 0.29) is 17.9 Å². The summed E-state index contributed by atoms with van der Waals surface area (Å²) in [5, 5.41) is 0. The number of hydrogen-bond donors (Lipinski definition) is 0. The lowest BCUT2D eigenvalue weighted by molar-refractivity contribution is -0.162. The second-order valence-corrected chi connectivity index (χ2v) is 4.48. The quantitative estimate of drug-likeness (QED) is 0.508. The molecule has 0 amide bonds. The smallest absolute Gasteiger partial charge is 0.347 e. The van der Waals surface area contributed by atoms with Crippen molar-refractivity contribution in [2.24, 2.45) is 5.92 Å². The number of unbranched alkanes of at least 4 members (excludes halogenated alkanes) is 3. The fraction of sp³-hybridized carbons (Fsp3) is 0.846. The van der Waals surface area contributed by atoms with Crippen LogP contribution in [0.15, 0.2) is 0 Å². The molecule has 0 bridgehead atoms. The Bertz CT molecular complexity index is 262. The molecule has 0 aromatic rings. The summed E-state index contributed by atoms with van der Waals surface area (Å²) in [7, 11) is 0. The van der Waals surface area contributed by atoms with Gasteiger partial charge in [-0.2, -0.15) is 0 Å². The van der Waals surface area contributed by atoms with Crippen molar-refractivity contribution < 1.29 is 19.1 Å². The molecule has 1 aliphatic rings. The van der Waals surface area contributed by atoms with Gasteiger partial charge in [0.2, 0.25) is 6.10 Å². The highest BCUT2D eigenvalue weighted by Gasteiger charge is 2.40. The van der Waals surface area contributed by atoms with Crippen LogP contribution in [0.3, 0.4) is 0 Å². The first-order valence-electron chi connectivity index (χ1n) is 6.55. The molecule has 4 heteroatoms. The van der Waals surface area contributed by atoms with Crippen LogP contribution < -0.4 is 0 Å². The van der Waals surface area contributed by atoms with E-state index in [0.717, 1.165) is 19.3 Å². The number of carbonyl (C=O) groups is 2. The molecule has 0 spiro atoms. The van der Waals surface area contributed by atoms with Gasteiger partial charge in [0.15, 0.2) is 0 Å². The van der Waals surface area contributed by atoms with Crippen molar-refractivity contribution in [3.05, 3.63) is 0 Å². The molecule has 1 fully saturated rings. The minimum absolute atomic E-state index is 0.0124. The minimum Gasteiger partial charge on any atom is -0.463 e. The summed E-state index contributed by atoms with van der Waals surface area (Å²) in [5.41, 5.74) is 0. The van der Waals surface area contributed by atoms with Crippen molar-refractivity contribution in [1.29, 1.82) is 0 Å². The van der Waals surface area contributed by atoms with E-state index in [4.69, 9.17) is 9.47 Å². The van der Waals surface area contributed by atoms with Crippen LogP contribution in [0.2, 0.25) is 0 Å². The van der Waals surface area contributed by atoms with E-state index in [9.17, 15) is 9.59 Å². The molecule has 0 aromatic carbocycles. The lowest BCUT2D eigenvalue weighted by atomic mass is 9.94. The van der Waals surface area contributed by atoms with Crippen LogP contribution in [0.5, 0.6) is 0 Å². The lowest BCUT2D eigenvalue weighted by Crippen LogP contribution is -2.29. The Balaban J connectivity index is 2.39. The van der Waals surface area contributed by atoms with Crippen LogP contribution in [-0.4, -0.2) is 24.6 Å². The summed E-state index contributed by atoms with van der Waals surface area (Å²) in [4.78, 5) is 22.8. The van der Waals surface area contributed by atoms with Gasteiger partial charge in [-0.3, -0.25) is 4.79 Å². The van der Waals surface area contributed by atoms with Gasteiger partial charge in [0.1, 0.15) is 0 Å². The Morgan fingerprint density at radius 1 is 1.35 bits per heavy atom. The highest BCUT2D eigenvalue weighted by molar-refractivity contribution is 5.83. The summed E-state index contributed by atoms with van der Waals surface area (Å²) in [6.45, 7) is 4.24. The second kappa shape index (κ2) is 7.30. The first kappa shape index (κ1) is 14.0. The number of cyclic esters (lactones) is 1. The summed E-state index contributed by atoms with van der Waals surface area (Å²) in [6, 6.07) is 0. The van der Waals surface area contributed by atoms with Crippen molar-refractivity contribution >= 4 is 11.9 Å². The average molecular weight is 242 g/mol. The molecule has 0 saturated carbocycles. The highest BCUT2D eigenvalue weighted by atomic mass is 16.6. The Morgan fingerprint density at radius 2 is 2.12 bits per heavy atom. The van der Waals surface area contributed by atoms with Gasteiger partial charge in [-0.1, -0.05) is 32.6 Å². The van der Waals surface area contributed by atoms with Gasteiger partial charge in [0.25, 0.3) is 0 Å². The normalized spacial score (nSPS) is 23.5. The van der Waals surface area contributed by atoms with E-state index in [0.29, 0.717) is 13.0 Å². The van der Waals surface area contributed by atoms with E-state index < -0.39 is 6.10 Å². The van der Waals surface area contributed by atoms with E-state index in [1.54, 1.807) is 6.92 Å². The number of esters is 2. The fourth-order valence-electron chi connectivity index (χ4n) is 2.16. The third-order valence-electron chi connectivity index (χ3n) is 3.06. The monoisotopic (exact) mass is 242 g/mol. The molecular formula is C13H22O4. The Hall–Kier alpha value is -1.06. The SMILES string of the molecule is CCCCCCC1CC(=O)OC1C(=O)OCC. The van der Waals surface area contributed by atoms with Crippen molar-refractivity contribution in [2.45, 2.75) is 58.5 Å². The van der Waals surface area contributed by atoms with Gasteiger partial charge >= 0.3 is 11.9 Å². The third-order valence-corrected chi connectivity index (χ3v) is 3.06. The molecule has 0 aromatic heterocycles. The highest BCUT2D eigenvalue weighted by Crippen LogP contribution is 2.28. The van der Waals surface area contributed by atoms with Gasteiger partial charge in [-0.15, -0.1) is 0 Å². The topological polar surface area (TPSA) is 52.6 Å². The van der Waals surface area contributed by atoms with Crippen LogP contribution in [0.4, 0.5) is 0 Å². The van der Waals surface area contributed by atoms with E-state index in [1.807, 2.05) is 0 Å². The van der Waals surface area contributed by atoms with Crippen LogP contribution >= 0.6 is 0 Å². The van der Waals surface area contributed by atoms with Gasteiger partial charge in [0, 0.05) is 5.92 Å². The van der Waals surface area contributed by atoms with Gasteiger partial charge in [-0.05, 0) is 13.3 Å². The molecule has 1 saturated heterocycles. The summed E-state index contributed by atoms with van der Waals surface area (Å²) in [6.07, 6.45) is 5.14. The maximum Gasteiger partial charge on any atom is 0.347 e. The number of carbonyl (C=O) groups excluding carboxylic acids is 2. The maximum atomic E-state index is 11.6. The number of hydrogen-bond acceptors (Lipinski definition) is 4. The molecule has 2 unspecified atom stereocenters. The first-order chi connectivity index (χ1) is 8.19. The average Bonchev–Trinajstić information content (AvgIpc) is 2.66. The van der Waals surface area contributed by atoms with Crippen LogP contribution in [0.1, 0.15) is 52.4 Å². The zero-order valence-corrected chi connectivity index (χ0v) is 10.7. The zero-order valence-electron chi connectivity index (χ0n) is 10.7. The Morgan fingerprint density at radius 3 is 2.76 bits per heavy atom. The fourth-order valence-corrected chi connectivity index (χ4v) is 2.16. The predicted molar refractivity (Wildman–Crippen MR) is 63.4 cm³/mol. The van der Waals surface area contributed by atoms with Crippen molar-refractivity contribution in [3.8, 4) is 0 Å². The van der Waals surface area contributed by atoms with Crippen molar-refractivity contribution in [2.75, 3.05) is 6.61 Å². The first-order valence-corrected chi connectivity index (χ1v) is 6.55. The summed E-state index contributed by atoms with van der Waals surface area (Å²) >= 11 is 0. The van der Waals surface area contributed by atoms with Crippen molar-refractivity contribution in [3.63, 3.8) is 0 Å². The van der Waals surface area contributed by atoms with Gasteiger partial charge < -0.3 is 9.47 Å². The number of ether oxygens (including phenoxy) is 2. The molecule has 2 atom stereocenters. The Kier molecular flexibility index (Phi) is 6.01. The van der Waals surface area contributed by atoms with E-state index in [2.05, 4.69) is 6.92 Å². The molecule has 1 heterocycles. The van der Waals surface area contributed by atoms with E-state index >= 15 is 0 Å². The molecule has 0 aliphatic carbocycles. The summed E-state index contributed by atoms with van der Waals surface area (Å²) in [5.74, 6) is -0.652. The Labute approximate surface area is 103 Å². The largest absolute Gasteiger partial charge is 0.463 e. The molecule has 1 aliphatic heterocycles. The number of rotatable bonds is 7. The maximum absolute atomic E-state index is 11.6. The molecule has 1 rings (SSSR count). The lowest BCUT2D eigenvalue weighted by Gasteiger charge is -2.15. The van der Waals surface area contributed by atoms with Gasteiger partial charge in [0.05, 0.1) is 13.0 Å². The van der Waals surface area contributed by atoms with E-state index in [1.165, 1.54) is 12.8 Å². The van der Waals surface area contributed by atoms with Gasteiger partial charge in [-0.25, -0.2) is 4.79 Å². The molecule has 4 nitrogen and oxygen atoms in total. The van der Waals surface area contributed by atoms with Crippen LogP contribution in [-0.2, 0) is 19.1 Å². The van der Waals surface area contributed by atoms with Crippen LogP contribution in [0, 0.1) is 5.92 Å². The molecule has 98 valence electrons. The molecule has 17 heavy (non-hydrogen) atoms. The summed E-state index contributed by atoms with van der Waals surface area (Å²) < 4.78 is 9.95. The van der Waals surface area contributed by atoms with Crippen molar-refractivity contribution in [1.82, 2.24) is 0 Å². The molecule has 0 N–H and O–H groups in total. The molecular weight excluding hydrogens is 220 g/mol. The zero-order chi connectivity index (χ0) is 12.7. The predicted octanol–water partition coefficient (Wildman–Crippen LogP) is 2.45. The third kappa shape index (κ3) is 4.36. The minimum atomic E-state index is -0.663. The molecule has 0 radical (unpaired) electrons. The van der Waals surface area contributed by atoms with Crippen LogP contribution in [0.25, 0.3) is 0 Å².